The molecule has 0 spiro atoms. The van der Waals surface area contributed by atoms with E-state index in [0.717, 1.165) is 30.0 Å². The highest BCUT2D eigenvalue weighted by Crippen LogP contribution is 2.23. The summed E-state index contributed by atoms with van der Waals surface area (Å²) < 4.78 is 11.0. The van der Waals surface area contributed by atoms with Gasteiger partial charge in [-0.2, -0.15) is 9.97 Å². The summed E-state index contributed by atoms with van der Waals surface area (Å²) in [6.45, 7) is 8.07. The Balaban J connectivity index is 1.73. The molecule has 2 aromatic heterocycles. The number of rotatable bonds is 4. The molecule has 0 radical (unpaired) electrons. The molecule has 1 saturated heterocycles. The van der Waals surface area contributed by atoms with Gasteiger partial charge in [0.15, 0.2) is 5.82 Å². The molecule has 8 heteroatoms. The summed E-state index contributed by atoms with van der Waals surface area (Å²) in [5, 5.41) is 3.99. The van der Waals surface area contributed by atoms with Crippen LogP contribution >= 0.6 is 0 Å². The number of morpholine rings is 1. The first-order valence-corrected chi connectivity index (χ1v) is 7.85. The number of aromatic nitrogens is 4. The minimum Gasteiger partial charge on any atom is -0.374 e. The molecule has 1 fully saturated rings. The number of nitrogen functional groups attached to an aromatic ring is 1. The minimum absolute atomic E-state index is 0.00181. The fourth-order valence-corrected chi connectivity index (χ4v) is 2.70. The number of ether oxygens (including phenoxy) is 1. The quantitative estimate of drug-likeness (QED) is 0.893. The highest BCUT2D eigenvalue weighted by molar-refractivity contribution is 5.51. The van der Waals surface area contributed by atoms with Gasteiger partial charge in [0.25, 0.3) is 0 Å². The van der Waals surface area contributed by atoms with Crippen molar-refractivity contribution >= 4 is 11.8 Å². The van der Waals surface area contributed by atoms with Crippen LogP contribution in [0.4, 0.5) is 11.8 Å². The molecule has 2 N–H and O–H groups in total. The second-order valence-electron chi connectivity index (χ2n) is 5.72. The summed E-state index contributed by atoms with van der Waals surface area (Å²) in [7, 11) is 0. The van der Waals surface area contributed by atoms with Crippen molar-refractivity contribution in [1.82, 2.24) is 20.1 Å². The van der Waals surface area contributed by atoms with E-state index in [9.17, 15) is 0 Å². The third kappa shape index (κ3) is 3.42. The second kappa shape index (κ2) is 6.49. The van der Waals surface area contributed by atoms with Gasteiger partial charge in [-0.05, 0) is 13.8 Å². The van der Waals surface area contributed by atoms with E-state index < -0.39 is 0 Å². The van der Waals surface area contributed by atoms with Crippen LogP contribution in [-0.4, -0.2) is 45.9 Å². The van der Waals surface area contributed by atoms with E-state index in [1.54, 1.807) is 0 Å². The van der Waals surface area contributed by atoms with Crippen LogP contribution in [0.25, 0.3) is 0 Å². The molecule has 0 unspecified atom stereocenters. The fraction of sp³-hybridized carbons (Fsp3) is 0.600. The van der Waals surface area contributed by atoms with E-state index in [0.29, 0.717) is 37.2 Å². The van der Waals surface area contributed by atoms with E-state index in [1.807, 2.05) is 20.8 Å². The molecule has 1 aliphatic heterocycles. The Labute approximate surface area is 135 Å². The van der Waals surface area contributed by atoms with Crippen LogP contribution in [0.1, 0.15) is 29.9 Å². The van der Waals surface area contributed by atoms with Crippen molar-refractivity contribution in [3.8, 4) is 0 Å². The van der Waals surface area contributed by atoms with Crippen molar-refractivity contribution in [2.24, 2.45) is 0 Å². The van der Waals surface area contributed by atoms with E-state index in [4.69, 9.17) is 15.0 Å². The van der Waals surface area contributed by atoms with Crippen molar-refractivity contribution in [3.05, 3.63) is 23.0 Å². The predicted molar refractivity (Wildman–Crippen MR) is 85.3 cm³/mol. The maximum atomic E-state index is 5.84. The molecule has 3 rings (SSSR count). The number of nitrogens with zero attached hydrogens (tertiary/aromatic N) is 5. The van der Waals surface area contributed by atoms with Gasteiger partial charge in [0.2, 0.25) is 11.8 Å². The van der Waals surface area contributed by atoms with Gasteiger partial charge in [-0.1, -0.05) is 12.1 Å². The molecule has 0 aromatic carbocycles. The molecule has 1 atom stereocenters. The first kappa shape index (κ1) is 15.7. The van der Waals surface area contributed by atoms with Crippen LogP contribution in [0.15, 0.2) is 4.52 Å². The molecular weight excluding hydrogens is 296 g/mol. The standard InChI is InChI=1S/C15H22N6O2/c1-4-13-18-12(20-23-13)7-11-8-21(5-6-22-11)14-9(2)10(3)17-15(16)19-14/h11H,4-8H2,1-3H3,(H2,16,17,19)/t11-/m0/s1. The Morgan fingerprint density at radius 2 is 2.09 bits per heavy atom. The lowest BCUT2D eigenvalue weighted by atomic mass is 10.1. The SMILES string of the molecule is CCc1nc(C[C@H]2CN(c3nc(N)nc(C)c3C)CCO2)no1. The lowest BCUT2D eigenvalue weighted by Gasteiger charge is -2.34. The number of anilines is 2. The zero-order chi connectivity index (χ0) is 16.4. The Morgan fingerprint density at radius 1 is 1.26 bits per heavy atom. The Bertz CT molecular complexity index is 687. The summed E-state index contributed by atoms with van der Waals surface area (Å²) in [5.74, 6) is 2.52. The highest BCUT2D eigenvalue weighted by atomic mass is 16.5. The summed E-state index contributed by atoms with van der Waals surface area (Å²) in [4.78, 5) is 15.1. The normalized spacial score (nSPS) is 18.4. The van der Waals surface area contributed by atoms with E-state index in [1.165, 1.54) is 0 Å². The van der Waals surface area contributed by atoms with Gasteiger partial charge < -0.3 is 19.9 Å². The smallest absolute Gasteiger partial charge is 0.226 e. The van der Waals surface area contributed by atoms with Crippen molar-refractivity contribution < 1.29 is 9.26 Å². The average Bonchev–Trinajstić information content (AvgIpc) is 2.98. The average molecular weight is 318 g/mol. The zero-order valence-electron chi connectivity index (χ0n) is 13.7. The maximum absolute atomic E-state index is 5.84. The summed E-state index contributed by atoms with van der Waals surface area (Å²) in [6.07, 6.45) is 1.36. The van der Waals surface area contributed by atoms with E-state index >= 15 is 0 Å². The highest BCUT2D eigenvalue weighted by Gasteiger charge is 2.25. The molecule has 124 valence electrons. The van der Waals surface area contributed by atoms with Gasteiger partial charge in [-0.25, -0.2) is 4.98 Å². The Hall–Kier alpha value is -2.22. The first-order valence-electron chi connectivity index (χ1n) is 7.85. The monoisotopic (exact) mass is 318 g/mol. The predicted octanol–water partition coefficient (Wildman–Crippen LogP) is 1.07. The van der Waals surface area contributed by atoms with Crippen LogP contribution in [0.5, 0.6) is 0 Å². The summed E-state index contributed by atoms with van der Waals surface area (Å²) in [6, 6.07) is 0. The number of aryl methyl sites for hydroxylation is 2. The van der Waals surface area contributed by atoms with Crippen LogP contribution in [0.2, 0.25) is 0 Å². The second-order valence-corrected chi connectivity index (χ2v) is 5.72. The molecule has 1 aliphatic rings. The molecule has 23 heavy (non-hydrogen) atoms. The van der Waals surface area contributed by atoms with E-state index in [-0.39, 0.29) is 6.10 Å². The van der Waals surface area contributed by atoms with Gasteiger partial charge in [-0.15, -0.1) is 0 Å². The lowest BCUT2D eigenvalue weighted by Crippen LogP contribution is -2.44. The molecule has 0 amide bonds. The fourth-order valence-electron chi connectivity index (χ4n) is 2.70. The van der Waals surface area contributed by atoms with Crippen LogP contribution in [0, 0.1) is 13.8 Å². The van der Waals surface area contributed by atoms with Crippen molar-refractivity contribution in [1.29, 1.82) is 0 Å². The Kier molecular flexibility index (Phi) is 4.42. The molecule has 3 heterocycles. The largest absolute Gasteiger partial charge is 0.374 e. The van der Waals surface area contributed by atoms with Crippen LogP contribution in [0.3, 0.4) is 0 Å². The number of hydrogen-bond donors (Lipinski definition) is 1. The maximum Gasteiger partial charge on any atom is 0.226 e. The number of hydrogen-bond acceptors (Lipinski definition) is 8. The van der Waals surface area contributed by atoms with Crippen LogP contribution in [-0.2, 0) is 17.6 Å². The van der Waals surface area contributed by atoms with Gasteiger partial charge in [0.1, 0.15) is 5.82 Å². The van der Waals surface area contributed by atoms with Crippen LogP contribution < -0.4 is 10.6 Å². The summed E-state index contributed by atoms with van der Waals surface area (Å²) in [5.41, 5.74) is 7.75. The van der Waals surface area contributed by atoms with Gasteiger partial charge in [0, 0.05) is 37.2 Å². The minimum atomic E-state index is 0.00181. The third-order valence-corrected chi connectivity index (χ3v) is 4.04. The summed E-state index contributed by atoms with van der Waals surface area (Å²) >= 11 is 0. The topological polar surface area (TPSA) is 103 Å². The molecule has 2 aromatic rings. The van der Waals surface area contributed by atoms with E-state index in [2.05, 4.69) is 25.0 Å². The Morgan fingerprint density at radius 3 is 2.83 bits per heavy atom. The zero-order valence-corrected chi connectivity index (χ0v) is 13.7. The van der Waals surface area contributed by atoms with Crippen molar-refractivity contribution in [2.45, 2.75) is 39.7 Å². The molecule has 0 aliphatic carbocycles. The third-order valence-electron chi connectivity index (χ3n) is 4.04. The molecule has 0 bridgehead atoms. The van der Waals surface area contributed by atoms with Gasteiger partial charge >= 0.3 is 0 Å². The number of nitrogens with two attached hydrogens (primary N) is 1. The molecular formula is C15H22N6O2. The lowest BCUT2D eigenvalue weighted by molar-refractivity contribution is 0.0392. The van der Waals surface area contributed by atoms with Gasteiger partial charge in [-0.3, -0.25) is 0 Å². The molecule has 0 saturated carbocycles. The van der Waals surface area contributed by atoms with Crippen molar-refractivity contribution in [3.63, 3.8) is 0 Å². The van der Waals surface area contributed by atoms with Crippen molar-refractivity contribution in [2.75, 3.05) is 30.3 Å². The molecule has 8 nitrogen and oxygen atoms in total. The first-order chi connectivity index (χ1) is 11.1. The van der Waals surface area contributed by atoms with Gasteiger partial charge in [0.05, 0.1) is 12.7 Å².